The summed E-state index contributed by atoms with van der Waals surface area (Å²) in [5.41, 5.74) is 1.87. The summed E-state index contributed by atoms with van der Waals surface area (Å²) in [7, 11) is 0. The number of fused-ring (bicyclic) bond motifs is 2. The SMILES string of the molecule is O.O=C([O-])[C@H](CC(=O)N1C[C@H]2CCCC[C@H]2C1)Cc1ccccc1.O=C([O-])[C@H](CC(=O)N1C[C@H]2CCCC[C@H]2C1)Cc1ccccc1.[Ca+2]. The van der Waals surface area contributed by atoms with Gasteiger partial charge in [-0.05, 0) is 73.3 Å². The minimum Gasteiger partial charge on any atom is -0.550 e. The van der Waals surface area contributed by atoms with Crippen molar-refractivity contribution < 1.29 is 34.9 Å². The van der Waals surface area contributed by atoms with Gasteiger partial charge in [-0.3, -0.25) is 9.59 Å². The van der Waals surface area contributed by atoms with Crippen LogP contribution in [0, 0.1) is 35.5 Å². The zero-order valence-corrected chi connectivity index (χ0v) is 30.3. The van der Waals surface area contributed by atoms with Crippen LogP contribution in [0.1, 0.15) is 75.3 Å². The summed E-state index contributed by atoms with van der Waals surface area (Å²) < 4.78 is 0. The van der Waals surface area contributed by atoms with E-state index >= 15 is 0 Å². The normalized spacial score (nSPS) is 23.9. The molecular weight excluding hydrogens is 637 g/mol. The maximum Gasteiger partial charge on any atom is 2.00 e. The zero-order chi connectivity index (χ0) is 32.5. The molecule has 256 valence electrons. The van der Waals surface area contributed by atoms with Crippen LogP contribution in [-0.4, -0.2) is 103 Å². The van der Waals surface area contributed by atoms with Gasteiger partial charge in [-0.1, -0.05) is 86.3 Å². The second-order valence-corrected chi connectivity index (χ2v) is 14.0. The number of amides is 2. The van der Waals surface area contributed by atoms with Crippen LogP contribution in [0.4, 0.5) is 0 Å². The van der Waals surface area contributed by atoms with Gasteiger partial charge in [-0.2, -0.15) is 0 Å². The number of carboxylic acids is 2. The van der Waals surface area contributed by atoms with E-state index in [1.807, 2.05) is 70.5 Å². The second-order valence-electron chi connectivity index (χ2n) is 14.0. The molecule has 4 fully saturated rings. The Labute approximate surface area is 314 Å². The Balaban J connectivity index is 0.000000250. The second kappa shape index (κ2) is 19.7. The van der Waals surface area contributed by atoms with Crippen LogP contribution in [0.15, 0.2) is 60.7 Å². The van der Waals surface area contributed by atoms with Crippen LogP contribution in [-0.2, 0) is 32.0 Å². The number of hydrogen-bond donors (Lipinski definition) is 0. The van der Waals surface area contributed by atoms with Crippen molar-refractivity contribution in [1.29, 1.82) is 0 Å². The summed E-state index contributed by atoms with van der Waals surface area (Å²) in [6.07, 6.45) is 10.7. The van der Waals surface area contributed by atoms with E-state index in [1.54, 1.807) is 0 Å². The predicted molar refractivity (Wildman–Crippen MR) is 180 cm³/mol. The van der Waals surface area contributed by atoms with Gasteiger partial charge in [0.15, 0.2) is 0 Å². The quantitative estimate of drug-likeness (QED) is 0.349. The van der Waals surface area contributed by atoms with Crippen molar-refractivity contribution in [3.63, 3.8) is 0 Å². The number of rotatable bonds is 10. The first kappa shape index (κ1) is 40.0. The van der Waals surface area contributed by atoms with Gasteiger partial charge in [0.05, 0.1) is 0 Å². The molecule has 0 unspecified atom stereocenters. The number of hydrogen-bond acceptors (Lipinski definition) is 6. The average molecular weight is 687 g/mol. The molecule has 2 aromatic carbocycles. The topological polar surface area (TPSA) is 152 Å². The summed E-state index contributed by atoms with van der Waals surface area (Å²) in [5.74, 6) is -1.27. The van der Waals surface area contributed by atoms with Crippen LogP contribution in [0.5, 0.6) is 0 Å². The Morgan fingerprint density at radius 1 is 0.562 bits per heavy atom. The standard InChI is InChI=1S/2C19H25NO3.Ca.H2O/c2*21-18(20-12-15-8-4-5-9-16(15)13-20)11-17(19(22)23)10-14-6-2-1-3-7-14;;/h2*1-3,6-7,15-17H,4-5,8-13H2,(H,22,23);;1H2/q;;+2;/p-2/t2*15-,16+,17-;;/m00../s1. The number of carbonyl (C=O) groups is 4. The molecule has 2 aliphatic heterocycles. The van der Waals surface area contributed by atoms with Crippen molar-refractivity contribution in [2.75, 3.05) is 26.2 Å². The molecule has 6 rings (SSSR count). The third-order valence-electron chi connectivity index (χ3n) is 10.8. The number of aliphatic carboxylic acids is 2. The molecule has 4 aliphatic rings. The fourth-order valence-corrected chi connectivity index (χ4v) is 8.17. The molecule has 0 radical (unpaired) electrons. The summed E-state index contributed by atoms with van der Waals surface area (Å²) in [6.45, 7) is 3.26. The van der Waals surface area contributed by atoms with Crippen LogP contribution in [0.25, 0.3) is 0 Å². The molecule has 9 nitrogen and oxygen atoms in total. The summed E-state index contributed by atoms with van der Waals surface area (Å²) in [6, 6.07) is 18.9. The largest absolute Gasteiger partial charge is 2.00 e. The predicted octanol–water partition coefficient (Wildman–Crippen LogP) is 2.06. The van der Waals surface area contributed by atoms with E-state index in [4.69, 9.17) is 0 Å². The molecular formula is C38H50CaN2O7. The van der Waals surface area contributed by atoms with E-state index in [1.165, 1.54) is 51.4 Å². The van der Waals surface area contributed by atoms with E-state index < -0.39 is 23.8 Å². The monoisotopic (exact) mass is 686 g/mol. The molecule has 0 spiro atoms. The average Bonchev–Trinajstić information content (AvgIpc) is 3.70. The Hall–Kier alpha value is -2.46. The summed E-state index contributed by atoms with van der Waals surface area (Å²) in [4.78, 5) is 51.7. The van der Waals surface area contributed by atoms with Gasteiger partial charge >= 0.3 is 37.7 Å². The summed E-state index contributed by atoms with van der Waals surface area (Å²) in [5, 5.41) is 22.8. The Kier molecular flexibility index (Phi) is 16.4. The summed E-state index contributed by atoms with van der Waals surface area (Å²) >= 11 is 0. The van der Waals surface area contributed by atoms with Crippen LogP contribution in [0.3, 0.4) is 0 Å². The van der Waals surface area contributed by atoms with Gasteiger partial charge in [0, 0.05) is 62.8 Å². The third kappa shape index (κ3) is 11.3. The molecule has 2 aromatic rings. The van der Waals surface area contributed by atoms with Crippen LogP contribution in [0.2, 0.25) is 0 Å². The van der Waals surface area contributed by atoms with E-state index in [0.29, 0.717) is 36.5 Å². The van der Waals surface area contributed by atoms with E-state index in [9.17, 15) is 29.4 Å². The first-order valence-corrected chi connectivity index (χ1v) is 17.3. The number of nitrogens with zero attached hydrogens (tertiary/aromatic N) is 2. The molecule has 2 N–H and O–H groups in total. The number of carbonyl (C=O) groups excluding carboxylic acids is 4. The van der Waals surface area contributed by atoms with Gasteiger partial charge in [-0.15, -0.1) is 0 Å². The van der Waals surface area contributed by atoms with Crippen molar-refractivity contribution in [3.05, 3.63) is 71.8 Å². The molecule has 0 bridgehead atoms. The Morgan fingerprint density at radius 3 is 1.12 bits per heavy atom. The molecule has 2 amide bonds. The molecule has 2 saturated heterocycles. The maximum absolute atomic E-state index is 12.5. The van der Waals surface area contributed by atoms with Gasteiger partial charge < -0.3 is 35.1 Å². The molecule has 48 heavy (non-hydrogen) atoms. The fraction of sp³-hybridized carbons (Fsp3) is 0.579. The Bertz CT molecular complexity index is 1200. The number of likely N-dealkylation sites (tertiary alicyclic amines) is 2. The number of benzene rings is 2. The molecule has 2 heterocycles. The molecule has 2 aliphatic carbocycles. The van der Waals surface area contributed by atoms with Crippen molar-refractivity contribution in [1.82, 2.24) is 9.80 Å². The number of carboxylic acid groups (broad SMARTS) is 2. The van der Waals surface area contributed by atoms with E-state index in [-0.39, 0.29) is 67.9 Å². The molecule has 10 heteroatoms. The Morgan fingerprint density at radius 2 is 0.854 bits per heavy atom. The minimum absolute atomic E-state index is 0. The van der Waals surface area contributed by atoms with E-state index in [2.05, 4.69) is 0 Å². The fourth-order valence-electron chi connectivity index (χ4n) is 8.17. The maximum atomic E-state index is 12.5. The van der Waals surface area contributed by atoms with Crippen molar-refractivity contribution in [2.24, 2.45) is 35.5 Å². The minimum atomic E-state index is -1.13. The van der Waals surface area contributed by atoms with Crippen LogP contribution < -0.4 is 10.2 Å². The third-order valence-corrected chi connectivity index (χ3v) is 10.8. The molecule has 6 atom stereocenters. The molecule has 2 saturated carbocycles. The van der Waals surface area contributed by atoms with Gasteiger partial charge in [0.2, 0.25) is 11.8 Å². The van der Waals surface area contributed by atoms with E-state index in [0.717, 1.165) is 37.3 Å². The molecule has 0 aromatic heterocycles. The smallest absolute Gasteiger partial charge is 0.550 e. The first-order chi connectivity index (χ1) is 22.3. The zero-order valence-electron chi connectivity index (χ0n) is 28.1. The van der Waals surface area contributed by atoms with Crippen LogP contribution >= 0.6 is 0 Å². The van der Waals surface area contributed by atoms with Gasteiger partial charge in [0.1, 0.15) is 0 Å². The van der Waals surface area contributed by atoms with Crippen molar-refractivity contribution in [2.45, 2.75) is 77.0 Å². The van der Waals surface area contributed by atoms with Crippen molar-refractivity contribution in [3.8, 4) is 0 Å². The first-order valence-electron chi connectivity index (χ1n) is 17.3. The van der Waals surface area contributed by atoms with Gasteiger partial charge in [-0.25, -0.2) is 0 Å². The van der Waals surface area contributed by atoms with Crippen molar-refractivity contribution >= 4 is 61.5 Å². The van der Waals surface area contributed by atoms with Gasteiger partial charge in [0.25, 0.3) is 0 Å².